The molecule has 0 aliphatic heterocycles. The van der Waals surface area contributed by atoms with Crippen LogP contribution in [0.15, 0.2) is 0 Å². The van der Waals surface area contributed by atoms with Gasteiger partial charge in [-0.3, -0.25) is 4.70 Å². The van der Waals surface area contributed by atoms with Crippen LogP contribution in [-0.2, 0) is 0 Å². The number of rotatable bonds is 0. The summed E-state index contributed by atoms with van der Waals surface area (Å²) < 4.78 is 0. The molecule has 0 aliphatic rings. The minimum absolute atomic E-state index is 0. The Kier molecular flexibility index (Phi) is 159. The van der Waals surface area contributed by atoms with E-state index in [-0.39, 0.29) is 76.5 Å². The number of hydrogen-bond donors (Lipinski definition) is 0. The van der Waals surface area contributed by atoms with Gasteiger partial charge in [-0.25, -0.2) is 0 Å². The van der Waals surface area contributed by atoms with E-state index >= 15 is 0 Å². The van der Waals surface area contributed by atoms with E-state index in [0.717, 1.165) is 0 Å². The fourth-order valence-electron chi connectivity index (χ4n) is 0. The van der Waals surface area contributed by atoms with E-state index in [1.165, 1.54) is 0 Å². The molecule has 0 aromatic rings. The monoisotopic (exact) mass is 392 g/mol. The van der Waals surface area contributed by atoms with Gasteiger partial charge in [0.05, 0.1) is 0 Å². The van der Waals surface area contributed by atoms with Crippen LogP contribution in [0.4, 0.5) is 4.70 Å². The molecule has 0 amide bonds. The van der Waals surface area contributed by atoms with Crippen molar-refractivity contribution in [2.75, 3.05) is 0 Å². The van der Waals surface area contributed by atoms with Gasteiger partial charge in [-0.1, -0.05) is 0 Å². The van der Waals surface area contributed by atoms with Crippen LogP contribution in [0.1, 0.15) is 0 Å². The van der Waals surface area contributed by atoms with Gasteiger partial charge in [0.2, 0.25) is 0 Å². The van der Waals surface area contributed by atoms with Crippen LogP contribution in [0.2, 0.25) is 0 Å². The molecule has 4 heteroatoms. The summed E-state index contributed by atoms with van der Waals surface area (Å²) in [5, 5.41) is 0. The van der Waals surface area contributed by atoms with Crippen LogP contribution in [0.3, 0.4) is 0 Å². The third kappa shape index (κ3) is 8.86. The van der Waals surface area contributed by atoms with Crippen molar-refractivity contribution in [1.29, 1.82) is 0 Å². The Morgan fingerprint density at radius 1 is 0.750 bits per heavy atom. The summed E-state index contributed by atoms with van der Waals surface area (Å²) in [7, 11) is 0. The molecular weight excluding hydrogens is 383 g/mol. The molecule has 0 atom stereocenters. The van der Waals surface area contributed by atoms with E-state index in [9.17, 15) is 0 Å². The third-order valence-electron chi connectivity index (χ3n) is 0. The minimum atomic E-state index is 0. The summed E-state index contributed by atoms with van der Waals surface area (Å²) >= 11 is 0. The first-order valence-corrected chi connectivity index (χ1v) is 0. The molecule has 0 saturated carbocycles. The molecule has 0 N–H and O–H groups in total. The van der Waals surface area contributed by atoms with Crippen molar-refractivity contribution in [2.45, 2.75) is 0 Å². The Balaban J connectivity index is 0. The zero-order chi connectivity index (χ0) is 0. The molecule has 0 unspecified atom stereocenters. The maximum absolute atomic E-state index is 0. The van der Waals surface area contributed by atoms with Crippen molar-refractivity contribution >= 4 is 71.8 Å². The van der Waals surface area contributed by atoms with Gasteiger partial charge in [0, 0.05) is 0 Å². The first-order chi connectivity index (χ1) is 0. The fourth-order valence-corrected chi connectivity index (χ4v) is 0. The molecule has 0 rings (SSSR count). The first-order valence-electron chi connectivity index (χ1n) is 0. The normalized spacial score (nSPS) is 0. The van der Waals surface area contributed by atoms with Gasteiger partial charge in [0.25, 0.3) is 0 Å². The van der Waals surface area contributed by atoms with Crippen LogP contribution in [-0.4, -0.2) is 47.8 Å². The average molecular weight is 389 g/mol. The predicted octanol–water partition coefficient (Wildman–Crippen LogP) is -1.06. The first kappa shape index (κ1) is 33.9. The quantitative estimate of drug-likeness (QED) is 0.366. The van der Waals surface area contributed by atoms with Crippen LogP contribution in [0, 0.1) is 0 Å². The van der Waals surface area contributed by atoms with Gasteiger partial charge in [-0.2, -0.15) is 0 Å². The summed E-state index contributed by atoms with van der Waals surface area (Å²) in [4.78, 5) is 0. The maximum atomic E-state index is 0. The summed E-state index contributed by atoms with van der Waals surface area (Å²) in [5.41, 5.74) is 0. The molecule has 0 fully saturated rings. The third-order valence-corrected chi connectivity index (χ3v) is 0. The van der Waals surface area contributed by atoms with Gasteiger partial charge in [-0.15, -0.1) is 24.0 Å². The molecule has 0 saturated heterocycles. The van der Waals surface area contributed by atoms with Crippen LogP contribution in [0.25, 0.3) is 0 Å². The summed E-state index contributed by atoms with van der Waals surface area (Å²) in [5.74, 6) is 0. The molecule has 0 bridgehead atoms. The van der Waals surface area contributed by atoms with E-state index < -0.39 is 0 Å². The van der Waals surface area contributed by atoms with Crippen molar-refractivity contribution in [1.82, 2.24) is 0 Å². The topological polar surface area (TPSA) is 0 Å². The summed E-state index contributed by atoms with van der Waals surface area (Å²) in [6.07, 6.45) is 0. The second-order valence-electron chi connectivity index (χ2n) is 0. The molecule has 4 heavy (non-hydrogen) atoms. The van der Waals surface area contributed by atoms with Gasteiger partial charge >= 0.3 is 47.8 Å². The molecular formula is H6FISn2. The van der Waals surface area contributed by atoms with E-state index in [2.05, 4.69) is 0 Å². The Morgan fingerprint density at radius 2 is 0.750 bits per heavy atom. The zero-order valence-electron chi connectivity index (χ0n) is 2.23. The average Bonchev–Trinajstić information content (AvgIpc) is 0. The van der Waals surface area contributed by atoms with Crippen molar-refractivity contribution in [3.05, 3.63) is 0 Å². The van der Waals surface area contributed by atoms with E-state index in [1.54, 1.807) is 0 Å². The molecule has 0 spiro atoms. The zero-order valence-corrected chi connectivity index (χ0v) is 12.6. The van der Waals surface area contributed by atoms with Crippen molar-refractivity contribution < 1.29 is 4.70 Å². The molecule has 0 nitrogen and oxygen atoms in total. The SMILES string of the molecule is F.I.[SnH2].[SnH2]. The summed E-state index contributed by atoms with van der Waals surface area (Å²) in [6, 6.07) is 0. The van der Waals surface area contributed by atoms with Gasteiger partial charge in [-0.05, 0) is 0 Å². The summed E-state index contributed by atoms with van der Waals surface area (Å²) in [6.45, 7) is 0. The van der Waals surface area contributed by atoms with Crippen LogP contribution < -0.4 is 0 Å². The molecule has 0 aliphatic carbocycles. The van der Waals surface area contributed by atoms with Crippen molar-refractivity contribution in [3.63, 3.8) is 0 Å². The van der Waals surface area contributed by atoms with Gasteiger partial charge in [0.1, 0.15) is 0 Å². The Bertz CT molecular complexity index is 6.00. The van der Waals surface area contributed by atoms with Crippen LogP contribution in [0.5, 0.6) is 0 Å². The number of halogens is 2. The Morgan fingerprint density at radius 3 is 0.750 bits per heavy atom. The number of hydrogen-bond acceptors (Lipinski definition) is 0. The molecule has 0 heterocycles. The van der Waals surface area contributed by atoms with Gasteiger partial charge in [0.15, 0.2) is 0 Å². The van der Waals surface area contributed by atoms with E-state index in [1.807, 2.05) is 0 Å². The Labute approximate surface area is 75.4 Å². The predicted molar refractivity (Wildman–Crippen MR) is 35.0 cm³/mol. The standard InChI is InChI=1S/FH.HI.2Sn.4H/h2*1H;;;;;;. The van der Waals surface area contributed by atoms with Crippen LogP contribution >= 0.6 is 24.0 Å². The van der Waals surface area contributed by atoms with Crippen molar-refractivity contribution in [2.24, 2.45) is 0 Å². The second-order valence-corrected chi connectivity index (χ2v) is 0. The van der Waals surface area contributed by atoms with Gasteiger partial charge < -0.3 is 0 Å². The van der Waals surface area contributed by atoms with E-state index in [0.29, 0.717) is 0 Å². The fraction of sp³-hybridized carbons (Fsp3) is 0. The Hall–Kier alpha value is 2.26. The molecule has 0 aromatic heterocycles. The van der Waals surface area contributed by atoms with Crippen molar-refractivity contribution in [3.8, 4) is 0 Å². The molecule has 28 valence electrons. The molecule has 4 radical (unpaired) electrons. The second kappa shape index (κ2) is 18.7. The van der Waals surface area contributed by atoms with E-state index in [4.69, 9.17) is 0 Å². The molecule has 0 aromatic carbocycles.